The van der Waals surface area contributed by atoms with E-state index in [0.29, 0.717) is 32.1 Å². The molecule has 0 aliphatic heterocycles. The number of aliphatic hydroxyl groups excluding tert-OH is 1. The number of aliphatic hydroxyl groups is 1. The lowest BCUT2D eigenvalue weighted by Crippen LogP contribution is -2.30. The smallest absolute Gasteiger partial charge is 0.462 e. The number of ether oxygens (including phenoxy) is 4. The van der Waals surface area contributed by atoms with Gasteiger partial charge in [-0.2, -0.15) is 0 Å². The van der Waals surface area contributed by atoms with Crippen LogP contribution >= 0.6 is 15.6 Å². The average molecular weight is 1520 g/mol. The van der Waals surface area contributed by atoms with Crippen LogP contribution in [0.5, 0.6) is 0 Å². The van der Waals surface area contributed by atoms with E-state index in [2.05, 4.69) is 155 Å². The molecule has 5 atom stereocenters. The quantitative estimate of drug-likeness (QED) is 0.0169. The highest BCUT2D eigenvalue weighted by Gasteiger charge is 2.30. The molecule has 0 amide bonds. The zero-order valence-corrected chi connectivity index (χ0v) is 67.6. The van der Waals surface area contributed by atoms with E-state index in [-0.39, 0.29) is 25.7 Å². The molecule has 602 valence electrons. The molecule has 3 N–H and O–H groups in total. The molecule has 0 fully saturated rings. The van der Waals surface area contributed by atoms with E-state index in [0.717, 1.165) is 148 Å². The lowest BCUT2D eigenvalue weighted by atomic mass is 10.0. The van der Waals surface area contributed by atoms with Crippen molar-refractivity contribution in [2.75, 3.05) is 39.6 Å². The van der Waals surface area contributed by atoms with E-state index in [1.807, 2.05) is 36.5 Å². The van der Waals surface area contributed by atoms with E-state index in [1.54, 1.807) is 6.08 Å². The average Bonchev–Trinajstić information content (AvgIpc) is 0.902. The normalized spacial score (nSPS) is 14.7. The van der Waals surface area contributed by atoms with Crippen molar-refractivity contribution in [2.45, 2.75) is 316 Å². The minimum absolute atomic E-state index is 0.0266. The van der Waals surface area contributed by atoms with Crippen LogP contribution in [0.25, 0.3) is 0 Å². The van der Waals surface area contributed by atoms with Gasteiger partial charge in [0.2, 0.25) is 0 Å². The third-order valence-corrected chi connectivity index (χ3v) is 18.1. The summed E-state index contributed by atoms with van der Waals surface area (Å²) in [6.07, 6.45) is 92.3. The molecule has 0 aromatic carbocycles. The molecule has 0 aliphatic carbocycles. The Hall–Kier alpha value is -5.58. The van der Waals surface area contributed by atoms with Crippen molar-refractivity contribution < 1.29 is 80.2 Å². The van der Waals surface area contributed by atoms with Crippen LogP contribution in [0, 0.1) is 0 Å². The Bertz CT molecular complexity index is 2680. The van der Waals surface area contributed by atoms with Crippen LogP contribution in [-0.2, 0) is 65.4 Å². The Kier molecular flexibility index (Phi) is 73.5. The number of rotatable bonds is 74. The maximum atomic E-state index is 13.1. The summed E-state index contributed by atoms with van der Waals surface area (Å²) < 4.78 is 68.4. The molecule has 5 unspecified atom stereocenters. The molecule has 0 saturated carbocycles. The molecule has 0 aromatic rings. The second kappa shape index (κ2) is 77.6. The molecule has 0 saturated heterocycles. The molecule has 19 heteroatoms. The number of unbranched alkanes of at least 4 members (excludes halogenated alkanes) is 21. The number of esters is 4. The van der Waals surface area contributed by atoms with Crippen LogP contribution in [0.2, 0.25) is 0 Å². The summed E-state index contributed by atoms with van der Waals surface area (Å²) in [5, 5.41) is 10.6. The maximum Gasteiger partial charge on any atom is 0.472 e. The highest BCUT2D eigenvalue weighted by molar-refractivity contribution is 7.47. The van der Waals surface area contributed by atoms with Crippen LogP contribution < -0.4 is 0 Å². The molecule has 106 heavy (non-hydrogen) atoms. The molecular formula is C87H142O17P2. The summed E-state index contributed by atoms with van der Waals surface area (Å²) in [7, 11) is -10.0. The monoisotopic (exact) mass is 1520 g/mol. The van der Waals surface area contributed by atoms with E-state index >= 15 is 0 Å². The van der Waals surface area contributed by atoms with Crippen molar-refractivity contribution in [1.82, 2.24) is 0 Å². The lowest BCUT2D eigenvalue weighted by molar-refractivity contribution is -0.161. The summed E-state index contributed by atoms with van der Waals surface area (Å²) in [6.45, 7) is 4.33. The van der Waals surface area contributed by atoms with Crippen molar-refractivity contribution in [3.8, 4) is 0 Å². The molecule has 0 radical (unpaired) electrons. The van der Waals surface area contributed by atoms with E-state index < -0.39 is 97.5 Å². The van der Waals surface area contributed by atoms with Gasteiger partial charge in [-0.3, -0.25) is 37.3 Å². The second-order valence-corrected chi connectivity index (χ2v) is 29.1. The third-order valence-electron chi connectivity index (χ3n) is 16.2. The Labute approximate surface area is 642 Å². The topological polar surface area (TPSA) is 237 Å². The zero-order chi connectivity index (χ0) is 77.4. The van der Waals surface area contributed by atoms with Gasteiger partial charge < -0.3 is 33.8 Å². The molecule has 0 rings (SSSR count). The predicted molar refractivity (Wildman–Crippen MR) is 436 cm³/mol. The van der Waals surface area contributed by atoms with Gasteiger partial charge in [-0.1, -0.05) is 320 Å². The van der Waals surface area contributed by atoms with Gasteiger partial charge in [0, 0.05) is 19.3 Å². The second-order valence-electron chi connectivity index (χ2n) is 26.2. The first-order valence-electron chi connectivity index (χ1n) is 40.4. The number of phosphoric acid groups is 2. The minimum Gasteiger partial charge on any atom is -0.462 e. The Balaban J connectivity index is 5.51. The van der Waals surface area contributed by atoms with Gasteiger partial charge >= 0.3 is 39.5 Å². The van der Waals surface area contributed by atoms with Gasteiger partial charge in [-0.25, -0.2) is 9.13 Å². The van der Waals surface area contributed by atoms with Crippen LogP contribution in [0.1, 0.15) is 297 Å². The molecule has 17 nitrogen and oxygen atoms in total. The molecule has 0 aliphatic rings. The van der Waals surface area contributed by atoms with Crippen LogP contribution in [0.3, 0.4) is 0 Å². The van der Waals surface area contributed by atoms with Gasteiger partial charge in [-0.05, 0) is 122 Å². The van der Waals surface area contributed by atoms with E-state index in [4.69, 9.17) is 37.0 Å². The highest BCUT2D eigenvalue weighted by Crippen LogP contribution is 2.45. The Morgan fingerprint density at radius 3 is 0.877 bits per heavy atom. The number of hydrogen-bond acceptors (Lipinski definition) is 15. The highest BCUT2D eigenvalue weighted by atomic mass is 31.2. The standard InChI is InChI=1S/C87H142O17P2/c1-5-9-13-17-21-25-29-33-37-39-40-42-45-48-52-56-60-64-68-72-85(90)98-78-83(104-87(92)74-70-66-62-58-54-50-46-41-38-34-30-26-22-18-14-10-6-2)80-102-106(95,96)100-76-81(88)75-99-105(93,94)101-79-82(103-86(91)73-69-65-61-57-53-49-44-36-32-28-24-20-16-12-8-4)77-97-84(89)71-67-63-59-55-51-47-43-35-31-27-23-19-15-11-7-3/h9-11,13-15,21-23,25-27,33-35,37-38,40,42-43,48,51-52,55,60,63-64,67,81-83,88H,5-8,12,16-20,24,28-32,36,39,41,44-47,49-50,53-54,56-59,61-62,65-66,68-80H2,1-4H3,(H,93,94)(H,95,96)/b13-9-,14-10-,15-11-,25-21-,26-22-,27-23-,37-33-,38-34-,42-40-,43-35-,52-48-,55-51-,64-60-,67-63-. The van der Waals surface area contributed by atoms with Crippen molar-refractivity contribution in [2.24, 2.45) is 0 Å². The van der Waals surface area contributed by atoms with Crippen LogP contribution in [0.4, 0.5) is 0 Å². The first-order valence-corrected chi connectivity index (χ1v) is 43.4. The number of carbonyl (C=O) groups is 4. The van der Waals surface area contributed by atoms with Gasteiger partial charge in [0.1, 0.15) is 19.3 Å². The minimum atomic E-state index is -5.01. The number of hydrogen-bond donors (Lipinski definition) is 3. The number of carbonyl (C=O) groups excluding carboxylic acids is 4. The molecule has 0 heterocycles. The summed E-state index contributed by atoms with van der Waals surface area (Å²) in [5.74, 6) is -2.44. The van der Waals surface area contributed by atoms with Crippen molar-refractivity contribution in [1.29, 1.82) is 0 Å². The largest absolute Gasteiger partial charge is 0.472 e. The van der Waals surface area contributed by atoms with E-state index in [9.17, 15) is 43.2 Å². The SMILES string of the molecule is CC/C=C\C/C=C\C/C=C\C/C=C\C/C=C\C/C=C\CCC(=O)OCC(COP(=O)(O)OCC(O)COP(=O)(O)OCC(COC(=O)C/C=C\C/C=C\C/C=C\C/C=C\C/C=C\CC)OC(=O)CCCCCCCCCCCCCCCCC)OC(=O)CCCCCCCCC/C=C\C/C=C\C/C=C\CC. The van der Waals surface area contributed by atoms with Crippen LogP contribution in [-0.4, -0.2) is 96.7 Å². The van der Waals surface area contributed by atoms with Crippen molar-refractivity contribution in [3.05, 3.63) is 170 Å². The number of phosphoric ester groups is 2. The van der Waals surface area contributed by atoms with Crippen molar-refractivity contribution in [3.63, 3.8) is 0 Å². The van der Waals surface area contributed by atoms with Crippen molar-refractivity contribution >= 4 is 39.5 Å². The summed E-state index contributed by atoms with van der Waals surface area (Å²) >= 11 is 0. The fourth-order valence-electron chi connectivity index (χ4n) is 10.2. The lowest BCUT2D eigenvalue weighted by Gasteiger charge is -2.21. The summed E-state index contributed by atoms with van der Waals surface area (Å²) in [6, 6.07) is 0. The Morgan fingerprint density at radius 2 is 0.547 bits per heavy atom. The maximum absolute atomic E-state index is 13.1. The van der Waals surface area contributed by atoms with Gasteiger partial charge in [0.05, 0.1) is 32.8 Å². The summed E-state index contributed by atoms with van der Waals surface area (Å²) in [5.41, 5.74) is 0. The van der Waals surface area contributed by atoms with Gasteiger partial charge in [-0.15, -0.1) is 0 Å². The fraction of sp³-hybridized carbons (Fsp3) is 0.632. The first-order chi connectivity index (χ1) is 51.7. The van der Waals surface area contributed by atoms with Gasteiger partial charge in [0.15, 0.2) is 12.2 Å². The molecule has 0 spiro atoms. The van der Waals surface area contributed by atoms with E-state index in [1.165, 1.54) is 64.2 Å². The summed E-state index contributed by atoms with van der Waals surface area (Å²) in [4.78, 5) is 73.0. The zero-order valence-electron chi connectivity index (χ0n) is 65.8. The third kappa shape index (κ3) is 76.6. The first kappa shape index (κ1) is 100. The number of allylic oxidation sites excluding steroid dienone is 27. The van der Waals surface area contributed by atoms with Gasteiger partial charge in [0.25, 0.3) is 0 Å². The Morgan fingerprint density at radius 1 is 0.283 bits per heavy atom. The molecule has 0 aromatic heterocycles. The molecular weight excluding hydrogens is 1380 g/mol. The predicted octanol–water partition coefficient (Wildman–Crippen LogP) is 23.8. The van der Waals surface area contributed by atoms with Crippen LogP contribution in [0.15, 0.2) is 170 Å². The fourth-order valence-corrected chi connectivity index (χ4v) is 11.8. The molecule has 0 bridgehead atoms.